The fraction of sp³-hybridized carbons (Fsp3) is 0.200. The fourth-order valence-corrected chi connectivity index (χ4v) is 3.08. The van der Waals surface area contributed by atoms with Crippen LogP contribution in [-0.4, -0.2) is 6.54 Å². The van der Waals surface area contributed by atoms with E-state index in [1.807, 2.05) is 12.1 Å². The third-order valence-electron chi connectivity index (χ3n) is 3.41. The monoisotopic (exact) mass is 305 g/mol. The highest BCUT2D eigenvalue weighted by Gasteiger charge is 2.22. The molecule has 0 aromatic heterocycles. The van der Waals surface area contributed by atoms with Crippen LogP contribution in [0.4, 0.5) is 15.8 Å². The van der Waals surface area contributed by atoms with Gasteiger partial charge in [0.1, 0.15) is 5.82 Å². The summed E-state index contributed by atoms with van der Waals surface area (Å²) in [6.45, 7) is 0.919. The Morgan fingerprint density at radius 2 is 1.83 bits per heavy atom. The van der Waals surface area contributed by atoms with Crippen LogP contribution in [0.2, 0.25) is 0 Å². The molecule has 0 saturated carbocycles. The van der Waals surface area contributed by atoms with Gasteiger partial charge in [-0.3, -0.25) is 0 Å². The van der Waals surface area contributed by atoms with E-state index in [0.717, 1.165) is 24.2 Å². The third kappa shape index (κ3) is 1.83. The number of hydrogen-bond donors (Lipinski definition) is 0. The molecule has 2 aromatic rings. The van der Waals surface area contributed by atoms with Crippen molar-refractivity contribution in [3.8, 4) is 0 Å². The number of nitrogens with zero attached hydrogens (tertiary/aromatic N) is 1. The van der Waals surface area contributed by atoms with E-state index < -0.39 is 0 Å². The van der Waals surface area contributed by atoms with Crippen LogP contribution >= 0.6 is 15.9 Å². The van der Waals surface area contributed by atoms with E-state index >= 15 is 0 Å². The minimum Gasteiger partial charge on any atom is -0.341 e. The van der Waals surface area contributed by atoms with E-state index in [2.05, 4.69) is 39.0 Å². The molecular formula is C15H13BrFN. The van der Waals surface area contributed by atoms with Crippen LogP contribution in [0, 0.1) is 5.82 Å². The van der Waals surface area contributed by atoms with Crippen molar-refractivity contribution in [2.45, 2.75) is 11.8 Å². The molecular weight excluding hydrogens is 293 g/mol. The zero-order valence-corrected chi connectivity index (χ0v) is 11.5. The Labute approximate surface area is 114 Å². The van der Waals surface area contributed by atoms with Gasteiger partial charge in [0.2, 0.25) is 0 Å². The molecule has 0 unspecified atom stereocenters. The summed E-state index contributed by atoms with van der Waals surface area (Å²) in [5.41, 5.74) is 4.23. The molecule has 1 aliphatic heterocycles. The van der Waals surface area contributed by atoms with Crippen molar-refractivity contribution in [1.82, 2.24) is 0 Å². The minimum absolute atomic E-state index is 0.145. The van der Waals surface area contributed by atoms with E-state index in [-0.39, 0.29) is 5.82 Å². The molecule has 0 bridgehead atoms. The second-order valence-electron chi connectivity index (χ2n) is 4.40. The second kappa shape index (κ2) is 4.73. The van der Waals surface area contributed by atoms with E-state index in [0.29, 0.717) is 5.33 Å². The topological polar surface area (TPSA) is 3.24 Å². The lowest BCUT2D eigenvalue weighted by Crippen LogP contribution is -2.15. The first-order chi connectivity index (χ1) is 8.81. The highest BCUT2D eigenvalue weighted by molar-refractivity contribution is 9.08. The number of para-hydroxylation sites is 1. The molecule has 3 heteroatoms. The summed E-state index contributed by atoms with van der Waals surface area (Å²) >= 11 is 3.38. The molecule has 0 aliphatic carbocycles. The van der Waals surface area contributed by atoms with E-state index in [1.165, 1.54) is 17.3 Å². The SMILES string of the molecule is Fc1cccc(N2CCc3ccccc32)c1CBr. The van der Waals surface area contributed by atoms with Crippen LogP contribution in [0.1, 0.15) is 11.1 Å². The van der Waals surface area contributed by atoms with Crippen molar-refractivity contribution < 1.29 is 4.39 Å². The molecule has 92 valence electrons. The van der Waals surface area contributed by atoms with Crippen LogP contribution in [0.3, 0.4) is 0 Å². The van der Waals surface area contributed by atoms with Gasteiger partial charge < -0.3 is 4.90 Å². The first kappa shape index (κ1) is 11.7. The Balaban J connectivity index is 2.10. The van der Waals surface area contributed by atoms with Gasteiger partial charge in [0.25, 0.3) is 0 Å². The van der Waals surface area contributed by atoms with Crippen LogP contribution in [-0.2, 0) is 11.8 Å². The fourth-order valence-electron chi connectivity index (χ4n) is 2.52. The highest BCUT2D eigenvalue weighted by atomic mass is 79.9. The van der Waals surface area contributed by atoms with E-state index in [9.17, 15) is 4.39 Å². The van der Waals surface area contributed by atoms with Crippen LogP contribution in [0.25, 0.3) is 0 Å². The van der Waals surface area contributed by atoms with Gasteiger partial charge >= 0.3 is 0 Å². The van der Waals surface area contributed by atoms with Crippen LogP contribution < -0.4 is 4.90 Å². The maximum atomic E-state index is 13.8. The first-order valence-electron chi connectivity index (χ1n) is 6.00. The van der Waals surface area contributed by atoms with Crippen molar-refractivity contribution >= 4 is 27.3 Å². The van der Waals surface area contributed by atoms with Crippen LogP contribution in [0.5, 0.6) is 0 Å². The molecule has 0 amide bonds. The minimum atomic E-state index is -0.145. The van der Waals surface area contributed by atoms with Gasteiger partial charge in [0.15, 0.2) is 0 Å². The van der Waals surface area contributed by atoms with Gasteiger partial charge in [-0.2, -0.15) is 0 Å². The van der Waals surface area contributed by atoms with Gasteiger partial charge in [0, 0.05) is 28.8 Å². The Kier molecular flexibility index (Phi) is 3.08. The maximum Gasteiger partial charge on any atom is 0.129 e. The predicted octanol–water partition coefficient (Wildman–Crippen LogP) is 4.41. The number of alkyl halides is 1. The zero-order valence-electron chi connectivity index (χ0n) is 9.87. The van der Waals surface area contributed by atoms with Crippen molar-refractivity contribution in [2.75, 3.05) is 11.4 Å². The summed E-state index contributed by atoms with van der Waals surface area (Å²) in [6.07, 6.45) is 1.02. The smallest absolute Gasteiger partial charge is 0.129 e. The number of hydrogen-bond acceptors (Lipinski definition) is 1. The molecule has 0 spiro atoms. The van der Waals surface area contributed by atoms with Crippen molar-refractivity contribution in [2.24, 2.45) is 0 Å². The Morgan fingerprint density at radius 1 is 1.06 bits per heavy atom. The summed E-state index contributed by atoms with van der Waals surface area (Å²) in [5.74, 6) is -0.145. The molecule has 1 aliphatic rings. The number of benzene rings is 2. The van der Waals surface area contributed by atoms with Crippen molar-refractivity contribution in [3.63, 3.8) is 0 Å². The average Bonchev–Trinajstić information content (AvgIpc) is 2.82. The Bertz CT molecular complexity index is 582. The lowest BCUT2D eigenvalue weighted by Gasteiger charge is -2.22. The summed E-state index contributed by atoms with van der Waals surface area (Å²) in [4.78, 5) is 2.20. The summed E-state index contributed by atoms with van der Waals surface area (Å²) in [6, 6.07) is 13.6. The number of anilines is 2. The molecule has 1 heterocycles. The average molecular weight is 306 g/mol. The maximum absolute atomic E-state index is 13.8. The molecule has 3 rings (SSSR count). The molecule has 0 saturated heterocycles. The van der Waals surface area contributed by atoms with E-state index in [1.54, 1.807) is 6.07 Å². The van der Waals surface area contributed by atoms with E-state index in [4.69, 9.17) is 0 Å². The lowest BCUT2D eigenvalue weighted by atomic mass is 10.1. The largest absolute Gasteiger partial charge is 0.341 e. The van der Waals surface area contributed by atoms with Crippen molar-refractivity contribution in [3.05, 3.63) is 59.4 Å². The number of halogens is 2. The molecule has 0 fully saturated rings. The molecule has 1 nitrogen and oxygen atoms in total. The Morgan fingerprint density at radius 3 is 2.67 bits per heavy atom. The quantitative estimate of drug-likeness (QED) is 0.743. The molecule has 0 radical (unpaired) electrons. The lowest BCUT2D eigenvalue weighted by molar-refractivity contribution is 0.617. The molecule has 0 N–H and O–H groups in total. The van der Waals surface area contributed by atoms with Gasteiger partial charge in [-0.25, -0.2) is 4.39 Å². The summed E-state index contributed by atoms with van der Waals surface area (Å²) in [7, 11) is 0. The third-order valence-corrected chi connectivity index (χ3v) is 3.97. The van der Waals surface area contributed by atoms with Gasteiger partial charge in [0.05, 0.1) is 0 Å². The van der Waals surface area contributed by atoms with Gasteiger partial charge in [-0.1, -0.05) is 40.2 Å². The van der Waals surface area contributed by atoms with Crippen molar-refractivity contribution in [1.29, 1.82) is 0 Å². The molecule has 18 heavy (non-hydrogen) atoms. The van der Waals surface area contributed by atoms with Gasteiger partial charge in [-0.05, 0) is 30.2 Å². The molecule has 2 aromatic carbocycles. The van der Waals surface area contributed by atoms with Crippen LogP contribution in [0.15, 0.2) is 42.5 Å². The Hall–Kier alpha value is -1.35. The zero-order chi connectivity index (χ0) is 12.5. The second-order valence-corrected chi connectivity index (χ2v) is 4.96. The normalized spacial score (nSPS) is 13.8. The number of rotatable bonds is 2. The molecule has 0 atom stereocenters. The highest BCUT2D eigenvalue weighted by Crippen LogP contribution is 2.37. The summed E-state index contributed by atoms with van der Waals surface area (Å²) < 4.78 is 13.8. The predicted molar refractivity (Wildman–Crippen MR) is 76.2 cm³/mol. The summed E-state index contributed by atoms with van der Waals surface area (Å²) in [5, 5.41) is 0.535. The standard InChI is InChI=1S/C15H13BrFN/c16-10-12-13(17)5-3-7-15(12)18-9-8-11-4-1-2-6-14(11)18/h1-7H,8-10H2. The van der Waals surface area contributed by atoms with Gasteiger partial charge in [-0.15, -0.1) is 0 Å². The first-order valence-corrected chi connectivity index (χ1v) is 7.12. The number of fused-ring (bicyclic) bond motifs is 1.